The first-order chi connectivity index (χ1) is 14.4. The fraction of sp³-hybridized carbons (Fsp3) is 0.130. The maximum absolute atomic E-state index is 13.1. The first kappa shape index (κ1) is 19.7. The summed E-state index contributed by atoms with van der Waals surface area (Å²) < 4.78 is 44.5. The van der Waals surface area contributed by atoms with Crippen LogP contribution in [0.1, 0.15) is 22.8 Å². The molecule has 0 saturated heterocycles. The number of benzene rings is 3. The molecule has 0 saturated carbocycles. The van der Waals surface area contributed by atoms with Gasteiger partial charge in [-0.3, -0.25) is 4.98 Å². The molecule has 0 unspecified atom stereocenters. The Balaban J connectivity index is 1.92. The SMILES string of the molecule is CCOC(=O)c1cnc2cc(C(F)(F)F)ccc2c1Nc1cccc2ccccc12. The minimum absolute atomic E-state index is 0.126. The lowest BCUT2D eigenvalue weighted by atomic mass is 10.0. The van der Waals surface area contributed by atoms with Crippen molar-refractivity contribution in [3.8, 4) is 0 Å². The molecule has 4 aromatic rings. The summed E-state index contributed by atoms with van der Waals surface area (Å²) in [7, 11) is 0. The van der Waals surface area contributed by atoms with Crippen LogP contribution >= 0.6 is 0 Å². The number of aromatic nitrogens is 1. The van der Waals surface area contributed by atoms with E-state index >= 15 is 0 Å². The Morgan fingerprint density at radius 1 is 1.03 bits per heavy atom. The molecule has 4 rings (SSSR count). The molecule has 152 valence electrons. The summed E-state index contributed by atoms with van der Waals surface area (Å²) in [4.78, 5) is 16.6. The zero-order valence-corrected chi connectivity index (χ0v) is 16.0. The van der Waals surface area contributed by atoms with Gasteiger partial charge in [0, 0.05) is 22.7 Å². The van der Waals surface area contributed by atoms with E-state index in [0.29, 0.717) is 16.8 Å². The third-order valence-corrected chi connectivity index (χ3v) is 4.74. The van der Waals surface area contributed by atoms with Gasteiger partial charge in [-0.05, 0) is 30.5 Å². The second-order valence-corrected chi connectivity index (χ2v) is 6.65. The number of alkyl halides is 3. The number of halogens is 3. The van der Waals surface area contributed by atoms with Crippen molar-refractivity contribution in [2.45, 2.75) is 13.1 Å². The highest BCUT2D eigenvalue weighted by Crippen LogP contribution is 2.36. The number of anilines is 2. The van der Waals surface area contributed by atoms with Crippen LogP contribution in [0.3, 0.4) is 0 Å². The van der Waals surface area contributed by atoms with Gasteiger partial charge in [-0.25, -0.2) is 4.79 Å². The highest BCUT2D eigenvalue weighted by Gasteiger charge is 2.31. The van der Waals surface area contributed by atoms with Crippen molar-refractivity contribution in [1.82, 2.24) is 4.98 Å². The normalized spacial score (nSPS) is 11.6. The molecule has 0 radical (unpaired) electrons. The van der Waals surface area contributed by atoms with Crippen molar-refractivity contribution in [3.05, 3.63) is 78.0 Å². The number of carbonyl (C=O) groups is 1. The summed E-state index contributed by atoms with van der Waals surface area (Å²) in [6.45, 7) is 1.84. The number of hydrogen-bond acceptors (Lipinski definition) is 4. The van der Waals surface area contributed by atoms with Crippen molar-refractivity contribution < 1.29 is 22.7 Å². The molecule has 7 heteroatoms. The Morgan fingerprint density at radius 2 is 1.80 bits per heavy atom. The largest absolute Gasteiger partial charge is 0.462 e. The molecule has 1 heterocycles. The van der Waals surface area contributed by atoms with Crippen LogP contribution in [0.5, 0.6) is 0 Å². The summed E-state index contributed by atoms with van der Waals surface area (Å²) in [5.74, 6) is -0.602. The number of esters is 1. The Bertz CT molecular complexity index is 1250. The number of nitrogens with zero attached hydrogens (tertiary/aromatic N) is 1. The van der Waals surface area contributed by atoms with Crippen molar-refractivity contribution in [3.63, 3.8) is 0 Å². The van der Waals surface area contributed by atoms with Crippen LogP contribution in [0.4, 0.5) is 24.5 Å². The first-order valence-electron chi connectivity index (χ1n) is 9.30. The smallest absolute Gasteiger partial charge is 0.416 e. The minimum atomic E-state index is -4.49. The van der Waals surface area contributed by atoms with Gasteiger partial charge in [0.1, 0.15) is 5.56 Å². The fourth-order valence-electron chi connectivity index (χ4n) is 3.34. The van der Waals surface area contributed by atoms with E-state index in [1.807, 2.05) is 42.5 Å². The van der Waals surface area contributed by atoms with E-state index in [4.69, 9.17) is 4.74 Å². The van der Waals surface area contributed by atoms with Gasteiger partial charge < -0.3 is 10.1 Å². The molecule has 0 atom stereocenters. The number of hydrogen-bond donors (Lipinski definition) is 1. The van der Waals surface area contributed by atoms with Crippen molar-refractivity contribution >= 4 is 39.0 Å². The maximum atomic E-state index is 13.1. The van der Waals surface area contributed by atoms with Gasteiger partial charge in [-0.1, -0.05) is 42.5 Å². The Labute approximate surface area is 170 Å². The van der Waals surface area contributed by atoms with Gasteiger partial charge in [-0.2, -0.15) is 13.2 Å². The molecule has 3 aromatic carbocycles. The molecule has 4 nitrogen and oxygen atoms in total. The van der Waals surface area contributed by atoms with E-state index in [-0.39, 0.29) is 17.7 Å². The molecule has 1 aromatic heterocycles. The van der Waals surface area contributed by atoms with Crippen LogP contribution in [-0.2, 0) is 10.9 Å². The highest BCUT2D eigenvalue weighted by molar-refractivity contribution is 6.08. The Hall–Kier alpha value is -3.61. The average Bonchev–Trinajstić information content (AvgIpc) is 2.73. The molecule has 1 N–H and O–H groups in total. The summed E-state index contributed by atoms with van der Waals surface area (Å²) in [6.07, 6.45) is -3.24. The molecule has 0 bridgehead atoms. The number of rotatable bonds is 4. The predicted octanol–water partition coefficient (Wildman–Crippen LogP) is 6.33. The average molecular weight is 410 g/mol. The number of fused-ring (bicyclic) bond motifs is 2. The Kier molecular flexibility index (Phi) is 5.03. The lowest BCUT2D eigenvalue weighted by Crippen LogP contribution is -2.10. The molecule has 0 aliphatic rings. The lowest BCUT2D eigenvalue weighted by molar-refractivity contribution is -0.137. The van der Waals surface area contributed by atoms with Gasteiger partial charge in [0.15, 0.2) is 0 Å². The summed E-state index contributed by atoms with van der Waals surface area (Å²) in [6, 6.07) is 16.6. The summed E-state index contributed by atoms with van der Waals surface area (Å²) >= 11 is 0. The van der Waals surface area contributed by atoms with Crippen LogP contribution in [0, 0.1) is 0 Å². The van der Waals surface area contributed by atoms with Crippen molar-refractivity contribution in [2.24, 2.45) is 0 Å². The molecule has 0 aliphatic heterocycles. The lowest BCUT2D eigenvalue weighted by Gasteiger charge is -2.16. The zero-order valence-electron chi connectivity index (χ0n) is 16.0. The van der Waals surface area contributed by atoms with E-state index in [1.165, 1.54) is 12.3 Å². The number of nitrogens with one attached hydrogen (secondary N) is 1. The van der Waals surface area contributed by atoms with E-state index < -0.39 is 17.7 Å². The van der Waals surface area contributed by atoms with Gasteiger partial charge >= 0.3 is 12.1 Å². The highest BCUT2D eigenvalue weighted by atomic mass is 19.4. The molecule has 0 amide bonds. The van der Waals surface area contributed by atoms with Crippen molar-refractivity contribution in [2.75, 3.05) is 11.9 Å². The van der Waals surface area contributed by atoms with Gasteiger partial charge in [0.25, 0.3) is 0 Å². The van der Waals surface area contributed by atoms with Crippen LogP contribution in [-0.4, -0.2) is 17.6 Å². The second kappa shape index (κ2) is 7.67. The number of ether oxygens (including phenoxy) is 1. The molecule has 0 aliphatic carbocycles. The van der Waals surface area contributed by atoms with Gasteiger partial charge in [0.2, 0.25) is 0 Å². The molecular formula is C23H17F3N2O2. The van der Waals surface area contributed by atoms with E-state index in [1.54, 1.807) is 6.92 Å². The van der Waals surface area contributed by atoms with Crippen molar-refractivity contribution in [1.29, 1.82) is 0 Å². The van der Waals surface area contributed by atoms with E-state index in [0.717, 1.165) is 22.9 Å². The van der Waals surface area contributed by atoms with Gasteiger partial charge in [0.05, 0.1) is 23.4 Å². The summed E-state index contributed by atoms with van der Waals surface area (Å²) in [5, 5.41) is 5.52. The van der Waals surface area contributed by atoms with Crippen LogP contribution < -0.4 is 5.32 Å². The fourth-order valence-corrected chi connectivity index (χ4v) is 3.34. The molecule has 0 fully saturated rings. The zero-order chi connectivity index (χ0) is 21.3. The Morgan fingerprint density at radius 3 is 2.57 bits per heavy atom. The molecule has 0 spiro atoms. The minimum Gasteiger partial charge on any atom is -0.462 e. The standard InChI is InChI=1S/C23H17F3N2O2/c1-2-30-22(29)18-13-27-20-12-15(23(24,25)26)10-11-17(20)21(18)28-19-9-5-7-14-6-3-4-8-16(14)19/h3-13H,2H2,1H3,(H,27,28). The third-order valence-electron chi connectivity index (χ3n) is 4.74. The molecular weight excluding hydrogens is 393 g/mol. The van der Waals surface area contributed by atoms with Crippen LogP contribution in [0.25, 0.3) is 21.7 Å². The number of carbonyl (C=O) groups excluding carboxylic acids is 1. The summed E-state index contributed by atoms with van der Waals surface area (Å²) in [5.41, 5.74) is 0.537. The van der Waals surface area contributed by atoms with E-state index in [9.17, 15) is 18.0 Å². The quantitative estimate of drug-likeness (QED) is 0.400. The van der Waals surface area contributed by atoms with Gasteiger partial charge in [-0.15, -0.1) is 0 Å². The first-order valence-corrected chi connectivity index (χ1v) is 9.30. The predicted molar refractivity (Wildman–Crippen MR) is 110 cm³/mol. The third kappa shape index (κ3) is 3.66. The van der Waals surface area contributed by atoms with Crippen LogP contribution in [0.2, 0.25) is 0 Å². The monoisotopic (exact) mass is 410 g/mol. The van der Waals surface area contributed by atoms with E-state index in [2.05, 4.69) is 10.3 Å². The second-order valence-electron chi connectivity index (χ2n) is 6.65. The maximum Gasteiger partial charge on any atom is 0.416 e. The number of pyridine rings is 1. The topological polar surface area (TPSA) is 51.2 Å². The molecule has 30 heavy (non-hydrogen) atoms. The van der Waals surface area contributed by atoms with Crippen LogP contribution in [0.15, 0.2) is 66.9 Å².